The highest BCUT2D eigenvalue weighted by Crippen LogP contribution is 2.29. The van der Waals surface area contributed by atoms with Gasteiger partial charge in [-0.3, -0.25) is 0 Å². The van der Waals surface area contributed by atoms with Gasteiger partial charge in [0.25, 0.3) is 0 Å². The minimum atomic E-state index is 0.105. The molecule has 0 radical (unpaired) electrons. The third kappa shape index (κ3) is 3.22. The fraction of sp³-hybridized carbons (Fsp3) is 0.833. The Morgan fingerprint density at radius 1 is 1.41 bits per heavy atom. The van der Waals surface area contributed by atoms with E-state index in [4.69, 9.17) is 4.74 Å². The second kappa shape index (κ2) is 5.87. The van der Waals surface area contributed by atoms with Crippen molar-refractivity contribution in [2.75, 3.05) is 6.61 Å². The van der Waals surface area contributed by atoms with Crippen LogP contribution in [0.4, 0.5) is 0 Å². The molecule has 1 aromatic rings. The molecule has 0 spiro atoms. The van der Waals surface area contributed by atoms with Crippen molar-refractivity contribution in [2.24, 2.45) is 5.92 Å². The van der Waals surface area contributed by atoms with Gasteiger partial charge in [0.15, 0.2) is 0 Å². The van der Waals surface area contributed by atoms with Crippen molar-refractivity contribution >= 4 is 12.8 Å². The van der Waals surface area contributed by atoms with Crippen molar-refractivity contribution in [1.82, 2.24) is 14.4 Å². The molecule has 0 bridgehead atoms. The summed E-state index contributed by atoms with van der Waals surface area (Å²) in [4.78, 5) is 0. The van der Waals surface area contributed by atoms with E-state index >= 15 is 0 Å². The van der Waals surface area contributed by atoms with Crippen LogP contribution in [0.25, 0.3) is 0 Å². The van der Waals surface area contributed by atoms with Gasteiger partial charge in [0, 0.05) is 6.61 Å². The van der Waals surface area contributed by atoms with Gasteiger partial charge in [-0.1, -0.05) is 31.9 Å². The van der Waals surface area contributed by atoms with E-state index in [1.54, 1.807) is 4.09 Å². The van der Waals surface area contributed by atoms with Gasteiger partial charge >= 0.3 is 0 Å². The average Bonchev–Trinajstić information content (AvgIpc) is 2.59. The monoisotopic (exact) mass is 255 g/mol. The minimum Gasteiger partial charge on any atom is -0.372 e. The average molecular weight is 255 g/mol. The maximum atomic E-state index is 5.97. The van der Waals surface area contributed by atoms with Crippen LogP contribution >= 0.6 is 12.8 Å². The Bertz CT molecular complexity index is 365. The van der Waals surface area contributed by atoms with Gasteiger partial charge in [0.1, 0.15) is 11.8 Å². The largest absolute Gasteiger partial charge is 0.372 e. The van der Waals surface area contributed by atoms with E-state index in [1.165, 1.54) is 19.3 Å². The van der Waals surface area contributed by atoms with Crippen LogP contribution in [0.5, 0.6) is 0 Å². The summed E-state index contributed by atoms with van der Waals surface area (Å²) in [6.45, 7) is 5.11. The number of thiol groups is 1. The summed E-state index contributed by atoms with van der Waals surface area (Å²) in [6.07, 6.45) is 5.81. The Hall–Kier alpha value is -0.550. The van der Waals surface area contributed by atoms with Gasteiger partial charge in [-0.05, 0) is 38.0 Å². The van der Waals surface area contributed by atoms with Gasteiger partial charge in [0.2, 0.25) is 0 Å². The highest BCUT2D eigenvalue weighted by molar-refractivity contribution is 7.78. The molecule has 0 N–H and O–H groups in total. The molecule has 0 aliphatic heterocycles. The molecule has 1 aliphatic rings. The van der Waals surface area contributed by atoms with E-state index in [0.29, 0.717) is 5.92 Å². The van der Waals surface area contributed by atoms with E-state index < -0.39 is 0 Å². The Morgan fingerprint density at radius 2 is 2.24 bits per heavy atom. The number of fused-ring (bicyclic) bond motifs is 1. The zero-order chi connectivity index (χ0) is 12.3. The van der Waals surface area contributed by atoms with Crippen LogP contribution < -0.4 is 0 Å². The Kier molecular flexibility index (Phi) is 4.45. The quantitative estimate of drug-likeness (QED) is 0.844. The third-order valence-corrected chi connectivity index (χ3v) is 3.41. The molecule has 96 valence electrons. The van der Waals surface area contributed by atoms with Crippen molar-refractivity contribution in [3.63, 3.8) is 0 Å². The maximum absolute atomic E-state index is 5.97. The van der Waals surface area contributed by atoms with Crippen LogP contribution in [0.1, 0.15) is 57.0 Å². The number of hydrogen-bond acceptors (Lipinski definition) is 4. The summed E-state index contributed by atoms with van der Waals surface area (Å²) in [5.41, 5.74) is 2.13. The summed E-state index contributed by atoms with van der Waals surface area (Å²) >= 11 is 4.31. The number of rotatable bonds is 3. The number of aromatic nitrogens is 3. The molecule has 1 unspecified atom stereocenters. The van der Waals surface area contributed by atoms with Crippen molar-refractivity contribution in [3.05, 3.63) is 11.4 Å². The molecular weight excluding hydrogens is 234 g/mol. The SMILES string of the molecule is CC(C)COC1CCCCCc2c1nnn2S. The minimum absolute atomic E-state index is 0.105. The Balaban J connectivity index is 2.14. The van der Waals surface area contributed by atoms with Crippen molar-refractivity contribution in [2.45, 2.75) is 52.1 Å². The summed E-state index contributed by atoms with van der Waals surface area (Å²) < 4.78 is 7.57. The van der Waals surface area contributed by atoms with Gasteiger partial charge in [-0.25, -0.2) is 0 Å². The predicted molar refractivity (Wildman–Crippen MR) is 70.1 cm³/mol. The zero-order valence-electron chi connectivity index (χ0n) is 10.6. The van der Waals surface area contributed by atoms with Gasteiger partial charge in [-0.15, -0.1) is 5.10 Å². The molecule has 0 aromatic carbocycles. The fourth-order valence-corrected chi connectivity index (χ4v) is 2.43. The predicted octanol–water partition coefficient (Wildman–Crippen LogP) is 2.80. The molecule has 2 rings (SSSR count). The molecule has 17 heavy (non-hydrogen) atoms. The van der Waals surface area contributed by atoms with E-state index in [0.717, 1.165) is 30.8 Å². The molecule has 0 amide bonds. The Morgan fingerprint density at radius 3 is 3.00 bits per heavy atom. The molecular formula is C12H21N3OS. The molecule has 5 heteroatoms. The van der Waals surface area contributed by atoms with Crippen LogP contribution in [0.3, 0.4) is 0 Å². The maximum Gasteiger partial charge on any atom is 0.116 e. The lowest BCUT2D eigenvalue weighted by molar-refractivity contribution is 0.0238. The summed E-state index contributed by atoms with van der Waals surface area (Å²) in [6, 6.07) is 0. The first-order chi connectivity index (χ1) is 8.18. The van der Waals surface area contributed by atoms with Gasteiger partial charge in [0.05, 0.1) is 5.69 Å². The highest BCUT2D eigenvalue weighted by atomic mass is 32.1. The molecule has 0 saturated carbocycles. The highest BCUT2D eigenvalue weighted by Gasteiger charge is 2.23. The summed E-state index contributed by atoms with van der Waals surface area (Å²) in [5, 5.41) is 8.24. The summed E-state index contributed by atoms with van der Waals surface area (Å²) in [5.74, 6) is 0.551. The molecule has 0 saturated heterocycles. The topological polar surface area (TPSA) is 39.9 Å². The number of nitrogens with zero attached hydrogens (tertiary/aromatic N) is 3. The molecule has 4 nitrogen and oxygen atoms in total. The molecule has 1 aliphatic carbocycles. The molecule has 1 atom stereocenters. The summed E-state index contributed by atoms with van der Waals surface area (Å²) in [7, 11) is 0. The van der Waals surface area contributed by atoms with E-state index in [-0.39, 0.29) is 6.10 Å². The third-order valence-electron chi connectivity index (χ3n) is 3.09. The smallest absolute Gasteiger partial charge is 0.116 e. The van der Waals surface area contributed by atoms with E-state index in [9.17, 15) is 0 Å². The van der Waals surface area contributed by atoms with Crippen LogP contribution in [-0.2, 0) is 11.2 Å². The first-order valence-corrected chi connectivity index (χ1v) is 6.84. The number of ether oxygens (including phenoxy) is 1. The standard InChI is InChI=1S/C12H21N3OS/c1-9(2)8-16-11-7-5-3-4-6-10-12(11)13-14-15(10)17/h9,11,17H,3-8H2,1-2H3. The van der Waals surface area contributed by atoms with Crippen LogP contribution in [0.2, 0.25) is 0 Å². The number of hydrogen-bond donors (Lipinski definition) is 1. The van der Waals surface area contributed by atoms with Crippen LogP contribution in [-0.4, -0.2) is 21.0 Å². The lowest BCUT2D eigenvalue weighted by atomic mass is 9.99. The zero-order valence-corrected chi connectivity index (χ0v) is 11.5. The first-order valence-electron chi connectivity index (χ1n) is 6.44. The lowest BCUT2D eigenvalue weighted by Crippen LogP contribution is -2.13. The molecule has 0 fully saturated rings. The van der Waals surface area contributed by atoms with E-state index in [2.05, 4.69) is 37.0 Å². The fourth-order valence-electron chi connectivity index (χ4n) is 2.19. The normalized spacial score (nSPS) is 21.1. The van der Waals surface area contributed by atoms with Gasteiger partial charge in [-0.2, -0.15) is 4.09 Å². The second-order valence-electron chi connectivity index (χ2n) is 5.13. The first kappa shape index (κ1) is 12.9. The van der Waals surface area contributed by atoms with Crippen molar-refractivity contribution in [1.29, 1.82) is 0 Å². The van der Waals surface area contributed by atoms with Crippen molar-refractivity contribution < 1.29 is 4.74 Å². The second-order valence-corrected chi connectivity index (χ2v) is 5.50. The van der Waals surface area contributed by atoms with Crippen LogP contribution in [0.15, 0.2) is 0 Å². The Labute approximate surface area is 108 Å². The lowest BCUT2D eigenvalue weighted by Gasteiger charge is -2.20. The van der Waals surface area contributed by atoms with E-state index in [1.807, 2.05) is 0 Å². The molecule has 1 heterocycles. The molecule has 1 aromatic heterocycles. The van der Waals surface area contributed by atoms with Gasteiger partial charge < -0.3 is 4.74 Å². The van der Waals surface area contributed by atoms with Crippen molar-refractivity contribution in [3.8, 4) is 0 Å². The van der Waals surface area contributed by atoms with Crippen LogP contribution in [0, 0.1) is 5.92 Å².